The highest BCUT2D eigenvalue weighted by Crippen LogP contribution is 2.27. The van der Waals surface area contributed by atoms with Crippen LogP contribution >= 0.6 is 0 Å². The van der Waals surface area contributed by atoms with Gasteiger partial charge in [0.15, 0.2) is 0 Å². The standard InChI is InChI=1S/C17H28N2O2/c1-14-3-4-17(16(11-14)12-18-7-10-21-2)19-8-5-15(13-20)6-9-19/h3-4,11,15,18,20H,5-10,12-13H2,1-2H3. The summed E-state index contributed by atoms with van der Waals surface area (Å²) in [7, 11) is 1.73. The number of methoxy groups -OCH3 is 1. The van der Waals surface area contributed by atoms with E-state index in [0.29, 0.717) is 12.5 Å². The molecule has 0 atom stereocenters. The first-order valence-electron chi connectivity index (χ1n) is 7.89. The number of anilines is 1. The van der Waals surface area contributed by atoms with Crippen molar-refractivity contribution in [2.24, 2.45) is 5.92 Å². The summed E-state index contributed by atoms with van der Waals surface area (Å²) in [6, 6.07) is 6.70. The SMILES string of the molecule is COCCNCc1cc(C)ccc1N1CCC(CO)CC1. The molecule has 0 amide bonds. The molecule has 1 aliphatic rings. The zero-order valence-electron chi connectivity index (χ0n) is 13.3. The molecule has 1 aliphatic heterocycles. The Hall–Kier alpha value is -1.10. The van der Waals surface area contributed by atoms with E-state index in [0.717, 1.165) is 45.6 Å². The van der Waals surface area contributed by atoms with Gasteiger partial charge in [0.1, 0.15) is 0 Å². The molecule has 2 N–H and O–H groups in total. The van der Waals surface area contributed by atoms with Crippen LogP contribution in [0.2, 0.25) is 0 Å². The molecule has 4 nitrogen and oxygen atoms in total. The molecule has 1 aromatic carbocycles. The van der Waals surface area contributed by atoms with Crippen LogP contribution in [-0.4, -0.2) is 45.1 Å². The van der Waals surface area contributed by atoms with Crippen molar-refractivity contribution in [3.8, 4) is 0 Å². The molecule has 0 aliphatic carbocycles. The number of aliphatic hydroxyl groups is 1. The number of rotatable bonds is 7. The molecular formula is C17H28N2O2. The summed E-state index contributed by atoms with van der Waals surface area (Å²) in [5.74, 6) is 0.481. The Morgan fingerprint density at radius 3 is 2.76 bits per heavy atom. The summed E-state index contributed by atoms with van der Waals surface area (Å²) in [6.45, 7) is 7.03. The molecule has 0 spiro atoms. The lowest BCUT2D eigenvalue weighted by Crippen LogP contribution is -2.35. The summed E-state index contributed by atoms with van der Waals surface area (Å²) in [6.07, 6.45) is 2.17. The first-order chi connectivity index (χ1) is 10.2. The van der Waals surface area contributed by atoms with Gasteiger partial charge < -0.3 is 20.1 Å². The largest absolute Gasteiger partial charge is 0.396 e. The van der Waals surface area contributed by atoms with Gasteiger partial charge in [0.25, 0.3) is 0 Å². The fourth-order valence-electron chi connectivity index (χ4n) is 2.92. The number of aliphatic hydroxyl groups excluding tert-OH is 1. The maximum atomic E-state index is 9.27. The normalized spacial score (nSPS) is 16.4. The zero-order valence-corrected chi connectivity index (χ0v) is 13.3. The van der Waals surface area contributed by atoms with Crippen molar-refractivity contribution in [3.63, 3.8) is 0 Å². The smallest absolute Gasteiger partial charge is 0.0587 e. The van der Waals surface area contributed by atoms with Crippen molar-refractivity contribution in [2.45, 2.75) is 26.3 Å². The van der Waals surface area contributed by atoms with Gasteiger partial charge in [-0.25, -0.2) is 0 Å². The minimum Gasteiger partial charge on any atom is -0.396 e. The van der Waals surface area contributed by atoms with Gasteiger partial charge >= 0.3 is 0 Å². The molecule has 0 saturated carbocycles. The molecule has 0 radical (unpaired) electrons. The summed E-state index contributed by atoms with van der Waals surface area (Å²) < 4.78 is 5.08. The van der Waals surface area contributed by atoms with Crippen LogP contribution in [0.1, 0.15) is 24.0 Å². The second-order valence-corrected chi connectivity index (χ2v) is 5.91. The third-order valence-electron chi connectivity index (χ3n) is 4.25. The lowest BCUT2D eigenvalue weighted by atomic mass is 9.96. The number of ether oxygens (including phenoxy) is 1. The van der Waals surface area contributed by atoms with Gasteiger partial charge in [-0.05, 0) is 37.3 Å². The summed E-state index contributed by atoms with van der Waals surface area (Å²) >= 11 is 0. The quantitative estimate of drug-likeness (QED) is 0.754. The van der Waals surface area contributed by atoms with Crippen molar-refractivity contribution < 1.29 is 9.84 Å². The van der Waals surface area contributed by atoms with Crippen molar-refractivity contribution in [1.29, 1.82) is 0 Å². The second kappa shape index (κ2) is 8.37. The Balaban J connectivity index is 2.01. The third-order valence-corrected chi connectivity index (χ3v) is 4.25. The number of aryl methyl sites for hydroxylation is 1. The fourth-order valence-corrected chi connectivity index (χ4v) is 2.92. The van der Waals surface area contributed by atoms with Crippen LogP contribution in [0.25, 0.3) is 0 Å². The number of piperidine rings is 1. The van der Waals surface area contributed by atoms with E-state index in [1.165, 1.54) is 16.8 Å². The van der Waals surface area contributed by atoms with E-state index in [1.807, 2.05) is 0 Å². The van der Waals surface area contributed by atoms with Crippen LogP contribution < -0.4 is 10.2 Å². The number of nitrogens with one attached hydrogen (secondary N) is 1. The van der Waals surface area contributed by atoms with Gasteiger partial charge in [-0.1, -0.05) is 17.7 Å². The highest BCUT2D eigenvalue weighted by molar-refractivity contribution is 5.55. The first kappa shape index (κ1) is 16.3. The van der Waals surface area contributed by atoms with Crippen LogP contribution in [0, 0.1) is 12.8 Å². The molecule has 0 aromatic heterocycles. The van der Waals surface area contributed by atoms with Gasteiger partial charge in [0.2, 0.25) is 0 Å². The minimum atomic E-state index is 0.327. The van der Waals surface area contributed by atoms with E-state index >= 15 is 0 Å². The van der Waals surface area contributed by atoms with E-state index in [1.54, 1.807) is 7.11 Å². The van der Waals surface area contributed by atoms with E-state index in [2.05, 4.69) is 35.3 Å². The lowest BCUT2D eigenvalue weighted by Gasteiger charge is -2.34. The fraction of sp³-hybridized carbons (Fsp3) is 0.647. The molecule has 2 rings (SSSR count). The Morgan fingerprint density at radius 2 is 2.10 bits per heavy atom. The lowest BCUT2D eigenvalue weighted by molar-refractivity contribution is 0.199. The predicted molar refractivity (Wildman–Crippen MR) is 86.8 cm³/mol. The van der Waals surface area contributed by atoms with Crippen LogP contribution in [0.15, 0.2) is 18.2 Å². The Kier molecular flexibility index (Phi) is 6.49. The maximum absolute atomic E-state index is 9.27. The van der Waals surface area contributed by atoms with Crippen molar-refractivity contribution in [2.75, 3.05) is 44.9 Å². The molecule has 1 heterocycles. The molecule has 4 heteroatoms. The number of benzene rings is 1. The summed E-state index contributed by atoms with van der Waals surface area (Å²) in [5.41, 5.74) is 3.99. The highest BCUT2D eigenvalue weighted by Gasteiger charge is 2.20. The van der Waals surface area contributed by atoms with Crippen LogP contribution in [-0.2, 0) is 11.3 Å². The average molecular weight is 292 g/mol. The van der Waals surface area contributed by atoms with Crippen LogP contribution in [0.3, 0.4) is 0 Å². The maximum Gasteiger partial charge on any atom is 0.0587 e. The summed E-state index contributed by atoms with van der Waals surface area (Å²) in [5, 5.41) is 12.7. The van der Waals surface area contributed by atoms with Crippen LogP contribution in [0.4, 0.5) is 5.69 Å². The van der Waals surface area contributed by atoms with E-state index in [9.17, 15) is 5.11 Å². The minimum absolute atomic E-state index is 0.327. The Bertz CT molecular complexity index is 429. The van der Waals surface area contributed by atoms with E-state index in [-0.39, 0.29) is 0 Å². The zero-order chi connectivity index (χ0) is 15.1. The van der Waals surface area contributed by atoms with Crippen molar-refractivity contribution in [3.05, 3.63) is 29.3 Å². The summed E-state index contributed by atoms with van der Waals surface area (Å²) in [4.78, 5) is 2.46. The number of nitrogens with zero attached hydrogens (tertiary/aromatic N) is 1. The third kappa shape index (κ3) is 4.70. The molecule has 118 valence electrons. The molecule has 0 unspecified atom stereocenters. The molecule has 21 heavy (non-hydrogen) atoms. The van der Waals surface area contributed by atoms with Gasteiger partial charge in [-0.15, -0.1) is 0 Å². The molecular weight excluding hydrogens is 264 g/mol. The second-order valence-electron chi connectivity index (χ2n) is 5.91. The Morgan fingerprint density at radius 1 is 1.33 bits per heavy atom. The average Bonchev–Trinajstić information content (AvgIpc) is 2.52. The molecule has 1 saturated heterocycles. The van der Waals surface area contributed by atoms with Crippen LogP contribution in [0.5, 0.6) is 0 Å². The molecule has 1 aromatic rings. The predicted octanol–water partition coefficient (Wildman–Crippen LogP) is 1.94. The van der Waals surface area contributed by atoms with Gasteiger partial charge in [0, 0.05) is 45.6 Å². The van der Waals surface area contributed by atoms with Gasteiger partial charge in [-0.3, -0.25) is 0 Å². The number of hydrogen-bond acceptors (Lipinski definition) is 4. The first-order valence-corrected chi connectivity index (χ1v) is 7.89. The van der Waals surface area contributed by atoms with Gasteiger partial charge in [-0.2, -0.15) is 0 Å². The topological polar surface area (TPSA) is 44.7 Å². The van der Waals surface area contributed by atoms with E-state index in [4.69, 9.17) is 4.74 Å². The van der Waals surface area contributed by atoms with Crippen molar-refractivity contribution in [1.82, 2.24) is 5.32 Å². The molecule has 1 fully saturated rings. The Labute approximate surface area is 128 Å². The van der Waals surface area contributed by atoms with Crippen molar-refractivity contribution >= 4 is 5.69 Å². The van der Waals surface area contributed by atoms with E-state index < -0.39 is 0 Å². The monoisotopic (exact) mass is 292 g/mol. The van der Waals surface area contributed by atoms with Gasteiger partial charge in [0.05, 0.1) is 6.61 Å². The molecule has 0 bridgehead atoms. The highest BCUT2D eigenvalue weighted by atomic mass is 16.5. The number of hydrogen-bond donors (Lipinski definition) is 2.